The molecule has 2 aromatic heterocycles. The number of rotatable bonds is 4. The van der Waals surface area contributed by atoms with Gasteiger partial charge >= 0.3 is 0 Å². The minimum Gasteiger partial charge on any atom is -0.341 e. The predicted octanol–water partition coefficient (Wildman–Crippen LogP) is 0.0570. The predicted molar refractivity (Wildman–Crippen MR) is 89.1 cm³/mol. The highest BCUT2D eigenvalue weighted by Crippen LogP contribution is 2.56. The fourth-order valence-corrected chi connectivity index (χ4v) is 4.97. The largest absolute Gasteiger partial charge is 0.341 e. The van der Waals surface area contributed by atoms with Crippen LogP contribution in [-0.4, -0.2) is 58.5 Å². The van der Waals surface area contributed by atoms with Gasteiger partial charge in [0.25, 0.3) is 0 Å². The molecule has 2 aliphatic heterocycles. The number of aromatic nitrogens is 5. The molecule has 2 saturated heterocycles. The van der Waals surface area contributed by atoms with Crippen LogP contribution in [0.4, 0.5) is 0 Å². The van der Waals surface area contributed by atoms with E-state index in [1.54, 1.807) is 35.0 Å². The summed E-state index contributed by atoms with van der Waals surface area (Å²) < 4.78 is -0.273. The number of pyridine rings is 1. The third-order valence-corrected chi connectivity index (χ3v) is 6.00. The molecule has 0 aromatic carbocycles. The molecule has 2 aliphatic rings. The molecule has 2 fully saturated rings. The van der Waals surface area contributed by atoms with Crippen molar-refractivity contribution in [2.45, 2.75) is 42.5 Å². The van der Waals surface area contributed by atoms with Gasteiger partial charge in [0.2, 0.25) is 11.8 Å². The van der Waals surface area contributed by atoms with Crippen LogP contribution in [0, 0.1) is 0 Å². The van der Waals surface area contributed by atoms with E-state index in [9.17, 15) is 9.59 Å². The molecule has 2 aromatic rings. The van der Waals surface area contributed by atoms with Crippen molar-refractivity contribution in [3.05, 3.63) is 35.9 Å². The van der Waals surface area contributed by atoms with Gasteiger partial charge in [-0.2, -0.15) is 5.21 Å². The van der Waals surface area contributed by atoms with Crippen LogP contribution >= 0.6 is 11.8 Å². The summed E-state index contributed by atoms with van der Waals surface area (Å²) in [6, 6.07) is 4.62. The highest BCUT2D eigenvalue weighted by molar-refractivity contribution is 8.01. The van der Waals surface area contributed by atoms with Crippen LogP contribution in [0.25, 0.3) is 0 Å². The van der Waals surface area contributed by atoms with Gasteiger partial charge in [-0.15, -0.1) is 22.0 Å². The summed E-state index contributed by atoms with van der Waals surface area (Å²) in [5, 5.41) is 16.8. The number of aromatic amines is 1. The van der Waals surface area contributed by atoms with Crippen LogP contribution in [0.3, 0.4) is 0 Å². The molecule has 2 amide bonds. The molecule has 9 nitrogen and oxygen atoms in total. The van der Waals surface area contributed by atoms with E-state index < -0.39 is 6.04 Å². The number of β-lactam (4-membered cyclic amide) rings is 1. The van der Waals surface area contributed by atoms with Crippen molar-refractivity contribution in [1.82, 2.24) is 35.8 Å². The Kier molecular flexibility index (Phi) is 3.71. The fourth-order valence-electron chi connectivity index (χ4n) is 3.34. The van der Waals surface area contributed by atoms with Crippen LogP contribution in [0.15, 0.2) is 24.4 Å². The first-order chi connectivity index (χ1) is 12.0. The summed E-state index contributed by atoms with van der Waals surface area (Å²) in [4.78, 5) is 30.7. The van der Waals surface area contributed by atoms with E-state index in [-0.39, 0.29) is 34.4 Å². The SMILES string of the molecule is CC1(C)SC2C(NC(=O)Cc3ccccn3)C(=O)N2C1c1nn[nH]n1. The topological polar surface area (TPSA) is 117 Å². The molecule has 25 heavy (non-hydrogen) atoms. The van der Waals surface area contributed by atoms with Crippen LogP contribution in [0.2, 0.25) is 0 Å². The number of nitrogens with one attached hydrogen (secondary N) is 2. The Bertz CT molecular complexity index is 795. The quantitative estimate of drug-likeness (QED) is 0.741. The zero-order valence-corrected chi connectivity index (χ0v) is 14.5. The lowest BCUT2D eigenvalue weighted by atomic mass is 9.95. The van der Waals surface area contributed by atoms with E-state index in [2.05, 4.69) is 30.9 Å². The van der Waals surface area contributed by atoms with Gasteiger partial charge in [0.1, 0.15) is 17.5 Å². The van der Waals surface area contributed by atoms with E-state index in [4.69, 9.17) is 0 Å². The smallest absolute Gasteiger partial charge is 0.249 e. The van der Waals surface area contributed by atoms with E-state index in [0.717, 1.165) is 0 Å². The number of hydrogen-bond acceptors (Lipinski definition) is 7. The Morgan fingerprint density at radius 3 is 2.96 bits per heavy atom. The van der Waals surface area contributed by atoms with Gasteiger partial charge in [-0.25, -0.2) is 0 Å². The Morgan fingerprint density at radius 2 is 2.28 bits per heavy atom. The molecule has 0 spiro atoms. The Morgan fingerprint density at radius 1 is 1.44 bits per heavy atom. The normalized spacial score (nSPS) is 26.9. The second-order valence-corrected chi connectivity index (χ2v) is 8.34. The number of nitrogens with zero attached hydrogens (tertiary/aromatic N) is 5. The molecule has 130 valence electrons. The summed E-state index contributed by atoms with van der Waals surface area (Å²) in [5.41, 5.74) is 0.674. The molecule has 4 rings (SSSR count). The van der Waals surface area contributed by atoms with E-state index in [0.29, 0.717) is 11.5 Å². The fraction of sp³-hybridized carbons (Fsp3) is 0.467. The lowest BCUT2D eigenvalue weighted by Crippen LogP contribution is -2.68. The number of thioether (sulfide) groups is 1. The number of tetrazole rings is 1. The first-order valence-electron chi connectivity index (χ1n) is 7.90. The first-order valence-corrected chi connectivity index (χ1v) is 8.78. The molecule has 0 saturated carbocycles. The molecule has 0 bridgehead atoms. The number of amides is 2. The number of hydrogen-bond donors (Lipinski definition) is 2. The van der Waals surface area contributed by atoms with Crippen LogP contribution in [-0.2, 0) is 16.0 Å². The van der Waals surface area contributed by atoms with Gasteiger partial charge in [-0.1, -0.05) is 11.3 Å². The molecular formula is C15H17N7O2S. The molecule has 0 radical (unpaired) electrons. The zero-order chi connectivity index (χ0) is 17.6. The monoisotopic (exact) mass is 359 g/mol. The summed E-state index contributed by atoms with van der Waals surface area (Å²) in [6.07, 6.45) is 1.80. The van der Waals surface area contributed by atoms with Crippen molar-refractivity contribution < 1.29 is 9.59 Å². The molecule has 3 atom stereocenters. The number of H-pyrrole nitrogens is 1. The highest BCUT2D eigenvalue weighted by atomic mass is 32.2. The van der Waals surface area contributed by atoms with Crippen LogP contribution < -0.4 is 5.32 Å². The average molecular weight is 359 g/mol. The highest BCUT2D eigenvalue weighted by Gasteiger charge is 2.63. The number of carbonyl (C=O) groups is 2. The lowest BCUT2D eigenvalue weighted by molar-refractivity contribution is -0.151. The minimum atomic E-state index is -0.530. The van der Waals surface area contributed by atoms with Crippen LogP contribution in [0.1, 0.15) is 31.4 Å². The second-order valence-electron chi connectivity index (χ2n) is 6.57. The van der Waals surface area contributed by atoms with Crippen molar-refractivity contribution in [1.29, 1.82) is 0 Å². The maximum atomic E-state index is 12.6. The first kappa shape index (κ1) is 16.0. The van der Waals surface area contributed by atoms with Gasteiger partial charge in [0, 0.05) is 16.6 Å². The molecule has 3 unspecified atom stereocenters. The molecule has 4 heterocycles. The van der Waals surface area contributed by atoms with Crippen LogP contribution in [0.5, 0.6) is 0 Å². The van der Waals surface area contributed by atoms with Crippen molar-refractivity contribution in [2.75, 3.05) is 0 Å². The van der Waals surface area contributed by atoms with Gasteiger partial charge in [0.05, 0.1) is 6.42 Å². The van der Waals surface area contributed by atoms with E-state index >= 15 is 0 Å². The van der Waals surface area contributed by atoms with E-state index in [1.165, 1.54) is 0 Å². The Hall–Kier alpha value is -2.49. The van der Waals surface area contributed by atoms with Gasteiger partial charge < -0.3 is 10.2 Å². The maximum absolute atomic E-state index is 12.6. The van der Waals surface area contributed by atoms with Crippen molar-refractivity contribution >= 4 is 23.6 Å². The molecule has 10 heteroatoms. The lowest BCUT2D eigenvalue weighted by Gasteiger charge is -2.44. The summed E-state index contributed by atoms with van der Waals surface area (Å²) in [7, 11) is 0. The summed E-state index contributed by atoms with van der Waals surface area (Å²) in [6.45, 7) is 4.08. The van der Waals surface area contributed by atoms with E-state index in [1.807, 2.05) is 19.9 Å². The minimum absolute atomic E-state index is 0.118. The number of carbonyl (C=O) groups excluding carboxylic acids is 2. The van der Waals surface area contributed by atoms with Gasteiger partial charge in [-0.3, -0.25) is 14.6 Å². The Balaban J connectivity index is 1.46. The molecule has 2 N–H and O–H groups in total. The van der Waals surface area contributed by atoms with Crippen molar-refractivity contribution in [3.63, 3.8) is 0 Å². The molecular weight excluding hydrogens is 342 g/mol. The zero-order valence-electron chi connectivity index (χ0n) is 13.7. The average Bonchev–Trinajstić information content (AvgIpc) is 3.18. The third-order valence-electron chi connectivity index (χ3n) is 4.43. The maximum Gasteiger partial charge on any atom is 0.249 e. The molecule has 0 aliphatic carbocycles. The summed E-state index contributed by atoms with van der Waals surface area (Å²) in [5.74, 6) is 0.164. The number of fused-ring (bicyclic) bond motifs is 1. The standard InChI is InChI=1S/C15H17N7O2S/c1-15(2)11(12-18-20-21-19-12)22-13(24)10(14(22)25-15)17-9(23)7-8-5-3-4-6-16-8/h3-6,10-11,14H,7H2,1-2H3,(H,17,23)(H,18,19,20,21). The van der Waals surface area contributed by atoms with Gasteiger partial charge in [0.15, 0.2) is 5.82 Å². The van der Waals surface area contributed by atoms with Crippen molar-refractivity contribution in [3.8, 4) is 0 Å². The van der Waals surface area contributed by atoms with Crippen molar-refractivity contribution in [2.24, 2.45) is 0 Å². The third kappa shape index (κ3) is 2.66. The van der Waals surface area contributed by atoms with Gasteiger partial charge in [-0.05, 0) is 26.0 Å². The summed E-state index contributed by atoms with van der Waals surface area (Å²) >= 11 is 1.64. The Labute approximate surface area is 148 Å². The second kappa shape index (κ2) is 5.80.